The smallest absolute Gasteiger partial charge is 0.353 e. The van der Waals surface area contributed by atoms with E-state index in [0.717, 1.165) is 16.9 Å². The van der Waals surface area contributed by atoms with Gasteiger partial charge < -0.3 is 21.0 Å². The number of aromatic nitrogens is 1. The van der Waals surface area contributed by atoms with E-state index < -0.39 is 29.9 Å². The predicted molar refractivity (Wildman–Crippen MR) is 116 cm³/mol. The fourth-order valence-electron chi connectivity index (χ4n) is 3.41. The van der Waals surface area contributed by atoms with Crippen LogP contribution in [-0.4, -0.2) is 63.4 Å². The Bertz CT molecular complexity index is 1110. The number of nitrogens with zero attached hydrogens (tertiary/aromatic N) is 3. The van der Waals surface area contributed by atoms with E-state index in [1.165, 1.54) is 23.8 Å². The van der Waals surface area contributed by atoms with Crippen LogP contribution in [0.4, 0.5) is 5.13 Å². The van der Waals surface area contributed by atoms with Gasteiger partial charge in [0.05, 0.1) is 6.04 Å². The first-order valence-corrected chi connectivity index (χ1v) is 10.9. The molecule has 2 aliphatic rings. The lowest BCUT2D eigenvalue weighted by atomic mass is 9.94. The second-order valence-electron chi connectivity index (χ2n) is 6.58. The molecule has 0 aliphatic carbocycles. The summed E-state index contributed by atoms with van der Waals surface area (Å²) in [6, 6.07) is 7.64. The van der Waals surface area contributed by atoms with Gasteiger partial charge in [0.1, 0.15) is 24.5 Å². The highest BCUT2D eigenvalue weighted by Crippen LogP contribution is 2.43. The number of hydrogen-bond acceptors (Lipinski definition) is 9. The summed E-state index contributed by atoms with van der Waals surface area (Å²) in [5.41, 5.74) is 6.36. The summed E-state index contributed by atoms with van der Waals surface area (Å²) in [7, 11) is 1.28. The van der Waals surface area contributed by atoms with Crippen LogP contribution in [0.2, 0.25) is 0 Å². The summed E-state index contributed by atoms with van der Waals surface area (Å²) >= 11 is 2.47. The first kappa shape index (κ1) is 20.9. The Morgan fingerprint density at radius 3 is 2.71 bits per heavy atom. The first-order valence-electron chi connectivity index (χ1n) is 9.04. The average Bonchev–Trinajstić information content (AvgIpc) is 3.20. The summed E-state index contributed by atoms with van der Waals surface area (Å²) in [5.74, 6) is -1.93. The number of oxime groups is 1. The lowest BCUT2D eigenvalue weighted by molar-refractivity contribution is -0.152. The Labute approximate surface area is 184 Å². The highest BCUT2D eigenvalue weighted by atomic mass is 32.2. The van der Waals surface area contributed by atoms with Crippen LogP contribution in [-0.2, 0) is 19.2 Å². The van der Waals surface area contributed by atoms with Crippen LogP contribution in [0.5, 0.6) is 0 Å². The molecule has 0 spiro atoms. The van der Waals surface area contributed by atoms with Crippen molar-refractivity contribution in [3.8, 4) is 0 Å². The van der Waals surface area contributed by atoms with E-state index in [4.69, 9.17) is 10.6 Å². The van der Waals surface area contributed by atoms with E-state index in [-0.39, 0.29) is 22.2 Å². The molecule has 1 saturated heterocycles. The fraction of sp³-hybridized carbons (Fsp3) is 0.211. The number of nitrogens with one attached hydrogen (secondary N) is 1. The molecular formula is C19H17N5O5S2. The van der Waals surface area contributed by atoms with E-state index in [1.807, 2.05) is 6.07 Å². The van der Waals surface area contributed by atoms with E-state index in [9.17, 15) is 19.5 Å². The van der Waals surface area contributed by atoms with Crippen LogP contribution in [0.1, 0.15) is 11.3 Å². The monoisotopic (exact) mass is 459 g/mol. The Hall–Kier alpha value is -3.38. The number of carbonyl (C=O) groups is 3. The molecule has 0 bridgehead atoms. The van der Waals surface area contributed by atoms with Crippen molar-refractivity contribution >= 4 is 56.6 Å². The van der Waals surface area contributed by atoms with E-state index >= 15 is 0 Å². The quantitative estimate of drug-likeness (QED) is 0.329. The number of thioether (sulfide) groups is 1. The zero-order chi connectivity index (χ0) is 22.1. The van der Waals surface area contributed by atoms with Crippen LogP contribution in [0, 0.1) is 0 Å². The number of nitrogen functional groups attached to an aromatic ring is 1. The second-order valence-corrected chi connectivity index (χ2v) is 8.50. The summed E-state index contributed by atoms with van der Waals surface area (Å²) < 4.78 is 0. The molecule has 0 saturated carbocycles. The lowest BCUT2D eigenvalue weighted by Gasteiger charge is -2.49. The number of amides is 2. The van der Waals surface area contributed by atoms with Crippen molar-refractivity contribution in [2.24, 2.45) is 5.16 Å². The van der Waals surface area contributed by atoms with Crippen molar-refractivity contribution < 1.29 is 24.3 Å². The number of carboxylic acid groups (broad SMARTS) is 1. The fourth-order valence-corrected chi connectivity index (χ4v) is 5.26. The molecule has 31 heavy (non-hydrogen) atoms. The minimum atomic E-state index is -1.20. The molecule has 2 aliphatic heterocycles. The zero-order valence-electron chi connectivity index (χ0n) is 16.1. The standard InChI is InChI=1S/C19H17N5O5S2/c1-29-23-12(10-7-31-19(20)21-10)16(25)22-13-11-8-30-15(9-5-3-2-4-6-9)14(18(27)28)24(11)17(13)26/h2-7,11,13H,8H2,1H3,(H2,20,21)(H,22,25)(H,27,28). The number of thiazole rings is 1. The van der Waals surface area contributed by atoms with Crippen LogP contribution in [0.15, 0.2) is 46.6 Å². The van der Waals surface area contributed by atoms with Gasteiger partial charge in [0.25, 0.3) is 11.8 Å². The molecule has 12 heteroatoms. The minimum absolute atomic E-state index is 0.0824. The second kappa shape index (κ2) is 8.40. The molecule has 1 fully saturated rings. The third-order valence-electron chi connectivity index (χ3n) is 4.76. The summed E-state index contributed by atoms with van der Waals surface area (Å²) in [4.78, 5) is 48.1. The van der Waals surface area contributed by atoms with Crippen molar-refractivity contribution in [2.45, 2.75) is 12.1 Å². The van der Waals surface area contributed by atoms with Gasteiger partial charge in [-0.2, -0.15) is 0 Å². The topological polar surface area (TPSA) is 147 Å². The normalized spacial score (nSPS) is 20.7. The molecule has 1 aromatic heterocycles. The maximum absolute atomic E-state index is 12.8. The molecule has 160 valence electrons. The van der Waals surface area contributed by atoms with Crippen molar-refractivity contribution in [3.05, 3.63) is 52.7 Å². The number of β-lactam (4-membered cyclic amide) rings is 1. The molecular weight excluding hydrogens is 442 g/mol. The van der Waals surface area contributed by atoms with Gasteiger partial charge in [-0.3, -0.25) is 14.5 Å². The number of benzene rings is 1. The van der Waals surface area contributed by atoms with Crippen molar-refractivity contribution in [1.82, 2.24) is 15.2 Å². The average molecular weight is 460 g/mol. The van der Waals surface area contributed by atoms with Crippen LogP contribution in [0.25, 0.3) is 4.91 Å². The molecule has 10 nitrogen and oxygen atoms in total. The Morgan fingerprint density at radius 1 is 1.35 bits per heavy atom. The van der Waals surface area contributed by atoms with Crippen LogP contribution < -0.4 is 11.1 Å². The molecule has 4 N–H and O–H groups in total. The molecule has 0 radical (unpaired) electrons. The highest BCUT2D eigenvalue weighted by Gasteiger charge is 2.54. The first-order chi connectivity index (χ1) is 14.9. The molecule has 4 rings (SSSR count). The summed E-state index contributed by atoms with van der Waals surface area (Å²) in [6.07, 6.45) is 0. The molecule has 1 aromatic carbocycles. The van der Waals surface area contributed by atoms with Gasteiger partial charge in [0.2, 0.25) is 0 Å². The number of aliphatic carboxylic acids is 1. The number of carbonyl (C=O) groups excluding carboxylic acids is 2. The Balaban J connectivity index is 1.57. The number of anilines is 1. The number of fused-ring (bicyclic) bond motifs is 1. The van der Waals surface area contributed by atoms with Gasteiger partial charge in [0.15, 0.2) is 10.8 Å². The maximum Gasteiger partial charge on any atom is 0.353 e. The maximum atomic E-state index is 12.8. The third kappa shape index (κ3) is 3.75. The number of hydrogen-bond donors (Lipinski definition) is 3. The SMILES string of the molecule is CON=C(C(=O)NC1C(=O)N2C(C(=O)O)=C(c3ccccc3)SCC12)c1csc(N)n1. The Kier molecular flexibility index (Phi) is 5.65. The van der Waals surface area contributed by atoms with Crippen molar-refractivity contribution in [2.75, 3.05) is 18.6 Å². The minimum Gasteiger partial charge on any atom is -0.477 e. The Morgan fingerprint density at radius 2 is 2.10 bits per heavy atom. The molecule has 2 amide bonds. The van der Waals surface area contributed by atoms with Gasteiger partial charge in [-0.25, -0.2) is 9.78 Å². The van der Waals surface area contributed by atoms with Gasteiger partial charge in [0, 0.05) is 16.0 Å². The van der Waals surface area contributed by atoms with Gasteiger partial charge in [-0.15, -0.1) is 23.1 Å². The van der Waals surface area contributed by atoms with Crippen molar-refractivity contribution in [3.63, 3.8) is 0 Å². The van der Waals surface area contributed by atoms with Crippen molar-refractivity contribution in [1.29, 1.82) is 0 Å². The third-order valence-corrected chi connectivity index (χ3v) is 6.66. The van der Waals surface area contributed by atoms with Crippen LogP contribution >= 0.6 is 23.1 Å². The lowest BCUT2D eigenvalue weighted by Crippen LogP contribution is -2.72. The van der Waals surface area contributed by atoms with Gasteiger partial charge >= 0.3 is 5.97 Å². The number of carboxylic acids is 1. The highest BCUT2D eigenvalue weighted by molar-refractivity contribution is 8.08. The summed E-state index contributed by atoms with van der Waals surface area (Å²) in [6.45, 7) is 0. The summed E-state index contributed by atoms with van der Waals surface area (Å²) in [5, 5.41) is 17.9. The number of nitrogens with two attached hydrogens (primary N) is 1. The molecule has 2 unspecified atom stereocenters. The molecule has 3 heterocycles. The van der Waals surface area contributed by atoms with Crippen LogP contribution in [0.3, 0.4) is 0 Å². The van der Waals surface area contributed by atoms with E-state index in [0.29, 0.717) is 10.7 Å². The van der Waals surface area contributed by atoms with E-state index in [1.54, 1.807) is 29.6 Å². The molecule has 2 aromatic rings. The van der Waals surface area contributed by atoms with Gasteiger partial charge in [-0.05, 0) is 5.56 Å². The zero-order valence-corrected chi connectivity index (χ0v) is 17.8. The molecule has 2 atom stereocenters. The largest absolute Gasteiger partial charge is 0.477 e. The van der Waals surface area contributed by atoms with E-state index in [2.05, 4.69) is 15.5 Å². The number of rotatable bonds is 6. The predicted octanol–water partition coefficient (Wildman–Crippen LogP) is 0.972. The van der Waals surface area contributed by atoms with Gasteiger partial charge in [-0.1, -0.05) is 35.5 Å².